The van der Waals surface area contributed by atoms with E-state index in [2.05, 4.69) is 13.2 Å². The fourth-order valence-corrected chi connectivity index (χ4v) is 1.18. The van der Waals surface area contributed by atoms with Crippen molar-refractivity contribution in [1.29, 1.82) is 0 Å². The number of allylic oxidation sites excluding steroid dienone is 1. The highest BCUT2D eigenvalue weighted by atomic mass is 16.5. The Labute approximate surface area is 74.2 Å². The minimum Gasteiger partial charge on any atom is -0.368 e. The molecule has 12 heavy (non-hydrogen) atoms. The summed E-state index contributed by atoms with van der Waals surface area (Å²) in [6, 6.07) is 0. The van der Waals surface area contributed by atoms with Crippen LogP contribution >= 0.6 is 0 Å². The van der Waals surface area contributed by atoms with Crippen LogP contribution in [0.2, 0.25) is 0 Å². The van der Waals surface area contributed by atoms with Gasteiger partial charge in [-0.3, -0.25) is 0 Å². The molecular formula is C10H18O2. The van der Waals surface area contributed by atoms with Crippen LogP contribution in [0.15, 0.2) is 24.8 Å². The molecule has 0 saturated heterocycles. The molecule has 0 bridgehead atoms. The molecule has 0 aromatic heterocycles. The highest BCUT2D eigenvalue weighted by Crippen LogP contribution is 2.20. The Morgan fingerprint density at radius 1 is 1.50 bits per heavy atom. The Hall–Kier alpha value is -0.600. The smallest absolute Gasteiger partial charge is 0.158 e. The minimum absolute atomic E-state index is 0.190. The number of hydrogen-bond donors (Lipinski definition) is 2. The van der Waals surface area contributed by atoms with Crippen molar-refractivity contribution in [3.63, 3.8) is 0 Å². The molecule has 2 N–H and O–H groups in total. The van der Waals surface area contributed by atoms with Gasteiger partial charge in [0, 0.05) is 5.92 Å². The number of rotatable bonds is 6. The van der Waals surface area contributed by atoms with Gasteiger partial charge < -0.3 is 10.2 Å². The van der Waals surface area contributed by atoms with Crippen LogP contribution in [0, 0.1) is 5.92 Å². The molecule has 70 valence electrons. The van der Waals surface area contributed by atoms with E-state index in [0.29, 0.717) is 6.42 Å². The third-order valence-electron chi connectivity index (χ3n) is 1.99. The predicted octanol–water partition coefficient (Wildman–Crippen LogP) is 1.85. The average molecular weight is 170 g/mol. The molecule has 0 fully saturated rings. The fraction of sp³-hybridized carbons (Fsp3) is 0.600. The third-order valence-corrected chi connectivity index (χ3v) is 1.99. The van der Waals surface area contributed by atoms with Gasteiger partial charge in [0.15, 0.2) is 6.29 Å². The van der Waals surface area contributed by atoms with Crippen molar-refractivity contribution < 1.29 is 10.2 Å². The quantitative estimate of drug-likeness (QED) is 0.471. The van der Waals surface area contributed by atoms with E-state index in [1.165, 1.54) is 0 Å². The summed E-state index contributed by atoms with van der Waals surface area (Å²) in [5.74, 6) is -0.190. The van der Waals surface area contributed by atoms with E-state index >= 15 is 0 Å². The molecule has 0 aliphatic carbocycles. The van der Waals surface area contributed by atoms with E-state index in [9.17, 15) is 0 Å². The monoisotopic (exact) mass is 170 g/mol. The van der Waals surface area contributed by atoms with Gasteiger partial charge in [-0.15, -0.1) is 6.58 Å². The van der Waals surface area contributed by atoms with Gasteiger partial charge in [0.05, 0.1) is 0 Å². The van der Waals surface area contributed by atoms with Crippen LogP contribution < -0.4 is 0 Å². The van der Waals surface area contributed by atoms with Crippen LogP contribution in [-0.2, 0) is 0 Å². The SMILES string of the molecule is C=CCCC(=C)C(CC)C(O)O. The molecule has 1 unspecified atom stereocenters. The molecule has 1 atom stereocenters. The topological polar surface area (TPSA) is 40.5 Å². The lowest BCUT2D eigenvalue weighted by Gasteiger charge is -2.19. The summed E-state index contributed by atoms with van der Waals surface area (Å²) in [6.45, 7) is 9.33. The first kappa shape index (κ1) is 11.4. The fourth-order valence-electron chi connectivity index (χ4n) is 1.18. The van der Waals surface area contributed by atoms with Crippen LogP contribution in [-0.4, -0.2) is 16.5 Å². The molecule has 2 nitrogen and oxygen atoms in total. The van der Waals surface area contributed by atoms with Gasteiger partial charge in [0.2, 0.25) is 0 Å². The van der Waals surface area contributed by atoms with Crippen molar-refractivity contribution in [3.05, 3.63) is 24.8 Å². The summed E-state index contributed by atoms with van der Waals surface area (Å²) in [5, 5.41) is 17.9. The van der Waals surface area contributed by atoms with Gasteiger partial charge in [0.1, 0.15) is 0 Å². The molecule has 0 aromatic carbocycles. The number of aliphatic hydroxyl groups is 2. The standard InChI is InChI=1S/C10H18O2/c1-4-6-7-8(3)9(5-2)10(11)12/h4,9-12H,1,3,5-7H2,2H3. The van der Waals surface area contributed by atoms with Gasteiger partial charge in [-0.1, -0.05) is 25.2 Å². The molecule has 0 aliphatic rings. The summed E-state index contributed by atoms with van der Waals surface area (Å²) in [6.07, 6.45) is 2.89. The van der Waals surface area contributed by atoms with Crippen molar-refractivity contribution in [3.8, 4) is 0 Å². The second kappa shape index (κ2) is 5.98. The van der Waals surface area contributed by atoms with Crippen molar-refractivity contribution in [1.82, 2.24) is 0 Å². The molecule has 0 rings (SSSR count). The lowest BCUT2D eigenvalue weighted by Crippen LogP contribution is -2.20. The van der Waals surface area contributed by atoms with Crippen molar-refractivity contribution in [2.45, 2.75) is 32.5 Å². The first-order chi connectivity index (χ1) is 5.63. The van der Waals surface area contributed by atoms with Crippen molar-refractivity contribution in [2.75, 3.05) is 0 Å². The molecule has 0 saturated carbocycles. The Kier molecular flexibility index (Phi) is 5.68. The highest BCUT2D eigenvalue weighted by molar-refractivity contribution is 5.02. The molecule has 2 heteroatoms. The summed E-state index contributed by atoms with van der Waals surface area (Å²) in [4.78, 5) is 0. The first-order valence-electron chi connectivity index (χ1n) is 4.28. The van der Waals surface area contributed by atoms with E-state index in [4.69, 9.17) is 10.2 Å². The minimum atomic E-state index is -1.27. The Morgan fingerprint density at radius 2 is 2.08 bits per heavy atom. The maximum Gasteiger partial charge on any atom is 0.158 e. The average Bonchev–Trinajstić information content (AvgIpc) is 2.01. The number of hydrogen-bond acceptors (Lipinski definition) is 2. The van der Waals surface area contributed by atoms with Crippen molar-refractivity contribution in [2.24, 2.45) is 5.92 Å². The Bertz CT molecular complexity index is 150. The molecule has 0 aliphatic heterocycles. The second-order valence-corrected chi connectivity index (χ2v) is 2.91. The maximum atomic E-state index is 8.95. The molecule has 0 heterocycles. The van der Waals surface area contributed by atoms with Crippen LogP contribution in [0.3, 0.4) is 0 Å². The lowest BCUT2D eigenvalue weighted by molar-refractivity contribution is -0.0743. The van der Waals surface area contributed by atoms with E-state index in [0.717, 1.165) is 18.4 Å². The van der Waals surface area contributed by atoms with E-state index in [-0.39, 0.29) is 5.92 Å². The highest BCUT2D eigenvalue weighted by Gasteiger charge is 2.16. The summed E-state index contributed by atoms with van der Waals surface area (Å²) >= 11 is 0. The molecular weight excluding hydrogens is 152 g/mol. The van der Waals surface area contributed by atoms with Gasteiger partial charge in [-0.05, 0) is 19.3 Å². The van der Waals surface area contributed by atoms with Crippen LogP contribution in [0.25, 0.3) is 0 Å². The normalized spacial score (nSPS) is 13.0. The lowest BCUT2D eigenvalue weighted by atomic mass is 9.93. The molecule has 0 amide bonds. The Balaban J connectivity index is 3.94. The molecule has 0 aromatic rings. The molecule has 0 radical (unpaired) electrons. The van der Waals surface area contributed by atoms with E-state index < -0.39 is 6.29 Å². The maximum absolute atomic E-state index is 8.95. The Morgan fingerprint density at radius 3 is 2.42 bits per heavy atom. The van der Waals surface area contributed by atoms with Crippen LogP contribution in [0.1, 0.15) is 26.2 Å². The summed E-state index contributed by atoms with van der Waals surface area (Å²) in [7, 11) is 0. The summed E-state index contributed by atoms with van der Waals surface area (Å²) < 4.78 is 0. The first-order valence-corrected chi connectivity index (χ1v) is 4.28. The predicted molar refractivity (Wildman–Crippen MR) is 50.6 cm³/mol. The van der Waals surface area contributed by atoms with Crippen LogP contribution in [0.4, 0.5) is 0 Å². The van der Waals surface area contributed by atoms with Crippen molar-refractivity contribution >= 4 is 0 Å². The van der Waals surface area contributed by atoms with Gasteiger partial charge >= 0.3 is 0 Å². The molecule has 0 spiro atoms. The zero-order valence-electron chi connectivity index (χ0n) is 7.66. The third kappa shape index (κ3) is 3.69. The zero-order valence-corrected chi connectivity index (χ0v) is 7.66. The van der Waals surface area contributed by atoms with E-state index in [1.807, 2.05) is 13.0 Å². The largest absolute Gasteiger partial charge is 0.368 e. The number of aliphatic hydroxyl groups excluding tert-OH is 1. The van der Waals surface area contributed by atoms with E-state index in [1.54, 1.807) is 0 Å². The zero-order chi connectivity index (χ0) is 9.56. The van der Waals surface area contributed by atoms with Crippen LogP contribution in [0.5, 0.6) is 0 Å². The van der Waals surface area contributed by atoms with Gasteiger partial charge in [-0.2, -0.15) is 0 Å². The summed E-state index contributed by atoms with van der Waals surface area (Å²) in [5.41, 5.74) is 0.896. The van der Waals surface area contributed by atoms with Gasteiger partial charge in [-0.25, -0.2) is 0 Å². The second-order valence-electron chi connectivity index (χ2n) is 2.91. The van der Waals surface area contributed by atoms with Gasteiger partial charge in [0.25, 0.3) is 0 Å².